The number of likely N-dealkylation sites (N-methyl/N-ethyl adjacent to an activating group) is 1. The predicted octanol–water partition coefficient (Wildman–Crippen LogP) is 0.519. The van der Waals surface area contributed by atoms with Gasteiger partial charge in [-0.15, -0.1) is 0 Å². The van der Waals surface area contributed by atoms with Crippen molar-refractivity contribution in [3.63, 3.8) is 0 Å². The van der Waals surface area contributed by atoms with E-state index in [-0.39, 0.29) is 12.6 Å². The minimum Gasteiger partial charge on any atom is -0.480 e. The molecule has 2 aliphatic rings. The fourth-order valence-electron chi connectivity index (χ4n) is 3.12. The number of carboxylic acid groups (broad SMARTS) is 1. The van der Waals surface area contributed by atoms with Crippen LogP contribution in [0.5, 0.6) is 0 Å². The van der Waals surface area contributed by atoms with E-state index in [1.807, 2.05) is 0 Å². The average molecular weight is 300 g/mol. The summed E-state index contributed by atoms with van der Waals surface area (Å²) < 4.78 is 5.22. The van der Waals surface area contributed by atoms with E-state index in [4.69, 9.17) is 4.74 Å². The Bertz CT molecular complexity index is 422. The monoisotopic (exact) mass is 300 g/mol. The van der Waals surface area contributed by atoms with E-state index in [1.54, 1.807) is 14.0 Å². The van der Waals surface area contributed by atoms with E-state index in [0.717, 1.165) is 0 Å². The Morgan fingerprint density at radius 3 is 2.48 bits per heavy atom. The summed E-state index contributed by atoms with van der Waals surface area (Å²) in [6, 6.07) is -0.336. The maximum atomic E-state index is 12.5. The number of likely N-dealkylation sites (tertiary alicyclic amines) is 1. The largest absolute Gasteiger partial charge is 0.480 e. The van der Waals surface area contributed by atoms with Crippen LogP contribution in [-0.4, -0.2) is 76.5 Å². The molecule has 21 heavy (non-hydrogen) atoms. The van der Waals surface area contributed by atoms with E-state index in [2.05, 4.69) is 0 Å². The van der Waals surface area contributed by atoms with E-state index in [0.29, 0.717) is 45.4 Å². The lowest BCUT2D eigenvalue weighted by atomic mass is 9.94. The molecule has 0 saturated carbocycles. The molecule has 7 nitrogen and oxygen atoms in total. The molecule has 0 spiro atoms. The van der Waals surface area contributed by atoms with Gasteiger partial charge in [0.25, 0.3) is 0 Å². The maximum Gasteiger partial charge on any atom is 0.329 e. The van der Waals surface area contributed by atoms with E-state index in [9.17, 15) is 19.8 Å². The Kier molecular flexibility index (Phi) is 4.43. The molecule has 0 aliphatic carbocycles. The number of aliphatic carboxylic acids is 1. The van der Waals surface area contributed by atoms with Gasteiger partial charge < -0.3 is 24.7 Å². The molecule has 0 aromatic carbocycles. The number of carbonyl (C=O) groups excluding carboxylic acids is 1. The van der Waals surface area contributed by atoms with Crippen molar-refractivity contribution < 1.29 is 24.5 Å². The zero-order chi connectivity index (χ0) is 15.7. The predicted molar refractivity (Wildman–Crippen MR) is 75.0 cm³/mol. The van der Waals surface area contributed by atoms with Crippen LogP contribution < -0.4 is 0 Å². The van der Waals surface area contributed by atoms with Gasteiger partial charge >= 0.3 is 12.0 Å². The second-order valence-electron chi connectivity index (χ2n) is 6.31. The molecule has 2 aliphatic heterocycles. The number of nitrogens with zero attached hydrogens (tertiary/aromatic N) is 2. The topological polar surface area (TPSA) is 90.3 Å². The van der Waals surface area contributed by atoms with Gasteiger partial charge in [-0.25, -0.2) is 9.59 Å². The Labute approximate surface area is 124 Å². The van der Waals surface area contributed by atoms with Crippen LogP contribution in [0, 0.1) is 0 Å². The molecule has 7 heteroatoms. The molecule has 0 aromatic heterocycles. The van der Waals surface area contributed by atoms with Crippen LogP contribution >= 0.6 is 0 Å². The number of carbonyl (C=O) groups is 2. The molecule has 0 bridgehead atoms. The number of urea groups is 1. The Morgan fingerprint density at radius 2 is 1.90 bits per heavy atom. The van der Waals surface area contributed by atoms with Crippen LogP contribution in [0.3, 0.4) is 0 Å². The summed E-state index contributed by atoms with van der Waals surface area (Å²) in [5, 5.41) is 19.8. The zero-order valence-electron chi connectivity index (χ0n) is 12.7. The smallest absolute Gasteiger partial charge is 0.329 e. The Morgan fingerprint density at radius 1 is 1.29 bits per heavy atom. The standard InChI is InChI=1S/C14H24N2O5/c1-13(11(17)18)4-3-7-16(13)12(19)15(2)10-14(20)5-8-21-9-6-14/h20H,3-10H2,1-2H3,(H,17,18). The number of carboxylic acids is 1. The molecular weight excluding hydrogens is 276 g/mol. The van der Waals surface area contributed by atoms with E-state index in [1.165, 1.54) is 9.80 Å². The molecule has 2 fully saturated rings. The molecule has 2 rings (SSSR count). The van der Waals surface area contributed by atoms with Crippen LogP contribution in [0.4, 0.5) is 4.79 Å². The molecule has 2 N–H and O–H groups in total. The molecule has 2 heterocycles. The molecule has 120 valence electrons. The van der Waals surface area contributed by atoms with Gasteiger partial charge in [-0.3, -0.25) is 0 Å². The first-order chi connectivity index (χ1) is 9.78. The number of aliphatic hydroxyl groups is 1. The summed E-state index contributed by atoms with van der Waals surface area (Å²) >= 11 is 0. The number of amides is 2. The van der Waals surface area contributed by atoms with E-state index >= 15 is 0 Å². The number of hydrogen-bond donors (Lipinski definition) is 2. The molecule has 2 saturated heterocycles. The normalized spacial score (nSPS) is 28.4. The fraction of sp³-hybridized carbons (Fsp3) is 0.857. The van der Waals surface area contributed by atoms with Gasteiger partial charge in [-0.1, -0.05) is 0 Å². The van der Waals surface area contributed by atoms with Crippen LogP contribution in [0.25, 0.3) is 0 Å². The van der Waals surface area contributed by atoms with Crippen LogP contribution in [-0.2, 0) is 9.53 Å². The lowest BCUT2D eigenvalue weighted by Crippen LogP contribution is -2.57. The van der Waals surface area contributed by atoms with Crippen molar-refractivity contribution in [3.05, 3.63) is 0 Å². The third kappa shape index (κ3) is 3.13. The van der Waals surface area contributed by atoms with Crippen molar-refractivity contribution in [1.82, 2.24) is 9.80 Å². The summed E-state index contributed by atoms with van der Waals surface area (Å²) in [6.07, 6.45) is 2.11. The summed E-state index contributed by atoms with van der Waals surface area (Å²) in [7, 11) is 1.61. The molecule has 2 amide bonds. The van der Waals surface area contributed by atoms with Crippen LogP contribution in [0.2, 0.25) is 0 Å². The van der Waals surface area contributed by atoms with Gasteiger partial charge in [-0.2, -0.15) is 0 Å². The van der Waals surface area contributed by atoms with Crippen LogP contribution in [0.1, 0.15) is 32.6 Å². The number of hydrogen-bond acceptors (Lipinski definition) is 4. The number of rotatable bonds is 3. The quantitative estimate of drug-likeness (QED) is 0.793. The highest BCUT2D eigenvalue weighted by molar-refractivity contribution is 5.86. The highest BCUT2D eigenvalue weighted by Crippen LogP contribution is 2.31. The van der Waals surface area contributed by atoms with Gasteiger partial charge in [0.05, 0.1) is 12.1 Å². The zero-order valence-corrected chi connectivity index (χ0v) is 12.7. The average Bonchev–Trinajstić information content (AvgIpc) is 2.81. The molecule has 1 unspecified atom stereocenters. The van der Waals surface area contributed by atoms with Crippen LogP contribution in [0.15, 0.2) is 0 Å². The highest BCUT2D eigenvalue weighted by Gasteiger charge is 2.47. The summed E-state index contributed by atoms with van der Waals surface area (Å²) in [5.74, 6) is -0.980. The third-order valence-electron chi connectivity index (χ3n) is 4.61. The second-order valence-corrected chi connectivity index (χ2v) is 6.31. The van der Waals surface area contributed by atoms with Gasteiger partial charge in [0, 0.05) is 39.6 Å². The highest BCUT2D eigenvalue weighted by atomic mass is 16.5. The summed E-state index contributed by atoms with van der Waals surface area (Å²) in [6.45, 7) is 3.18. The van der Waals surface area contributed by atoms with E-state index < -0.39 is 17.1 Å². The lowest BCUT2D eigenvalue weighted by Gasteiger charge is -2.39. The van der Waals surface area contributed by atoms with Gasteiger partial charge in [0.15, 0.2) is 0 Å². The first-order valence-electron chi connectivity index (χ1n) is 7.35. The fourth-order valence-corrected chi connectivity index (χ4v) is 3.12. The molecular formula is C14H24N2O5. The SMILES string of the molecule is CN(CC1(O)CCOCC1)C(=O)N1CCCC1(C)C(=O)O. The first kappa shape index (κ1) is 16.0. The van der Waals surface area contributed by atoms with Crippen molar-refractivity contribution in [2.75, 3.05) is 33.4 Å². The van der Waals surface area contributed by atoms with Gasteiger partial charge in [-0.05, 0) is 19.8 Å². The first-order valence-corrected chi connectivity index (χ1v) is 7.35. The van der Waals surface area contributed by atoms with Gasteiger partial charge in [0.2, 0.25) is 0 Å². The van der Waals surface area contributed by atoms with Crippen molar-refractivity contribution in [1.29, 1.82) is 0 Å². The minimum absolute atomic E-state index is 0.196. The molecule has 0 radical (unpaired) electrons. The van der Waals surface area contributed by atoms with Crippen molar-refractivity contribution in [2.24, 2.45) is 0 Å². The molecule has 1 atom stereocenters. The van der Waals surface area contributed by atoms with Crippen molar-refractivity contribution >= 4 is 12.0 Å². The maximum absolute atomic E-state index is 12.5. The Balaban J connectivity index is 2.03. The Hall–Kier alpha value is -1.34. The summed E-state index contributed by atoms with van der Waals surface area (Å²) in [4.78, 5) is 26.8. The minimum atomic E-state index is -1.15. The molecule has 0 aromatic rings. The van der Waals surface area contributed by atoms with Crippen molar-refractivity contribution in [3.8, 4) is 0 Å². The van der Waals surface area contributed by atoms with Crippen molar-refractivity contribution in [2.45, 2.75) is 43.7 Å². The summed E-state index contributed by atoms with van der Waals surface area (Å²) in [5.41, 5.74) is -2.09. The number of ether oxygens (including phenoxy) is 1. The lowest BCUT2D eigenvalue weighted by molar-refractivity contribution is -0.147. The third-order valence-corrected chi connectivity index (χ3v) is 4.61. The second kappa shape index (κ2) is 5.81. The van der Waals surface area contributed by atoms with Gasteiger partial charge in [0.1, 0.15) is 5.54 Å².